The van der Waals surface area contributed by atoms with Gasteiger partial charge in [0.25, 0.3) is 0 Å². The summed E-state index contributed by atoms with van der Waals surface area (Å²) in [7, 11) is 0. The summed E-state index contributed by atoms with van der Waals surface area (Å²) < 4.78 is 7.21. The van der Waals surface area contributed by atoms with Crippen LogP contribution in [-0.2, 0) is 4.74 Å². The smallest absolute Gasteiger partial charge is 0.106 e. The summed E-state index contributed by atoms with van der Waals surface area (Å²) in [6.45, 7) is 13.1. The molecule has 1 rings (SSSR count). The second-order valence-corrected chi connectivity index (χ2v) is 8.78. The van der Waals surface area contributed by atoms with Crippen molar-refractivity contribution in [2.45, 2.75) is 123 Å². The lowest BCUT2D eigenvalue weighted by atomic mass is 10.0. The van der Waals surface area contributed by atoms with Gasteiger partial charge in [-0.05, 0) is 26.2 Å². The Hall–Kier alpha value is -0.0800. The Morgan fingerprint density at radius 2 is 1.19 bits per heavy atom. The standard InChI is InChI=1S/C24H50NO/c1-4-7-8-9-10-11-12-13-14-15-16-17-18-19-20-25(6-3)21-22-26-24(5-2)23-25/h24H,4-23H2,1-3H3/q+1. The van der Waals surface area contributed by atoms with Gasteiger partial charge in [0.05, 0.1) is 19.7 Å². The van der Waals surface area contributed by atoms with Crippen LogP contribution in [0.3, 0.4) is 0 Å². The molecule has 2 atom stereocenters. The molecule has 26 heavy (non-hydrogen) atoms. The van der Waals surface area contributed by atoms with Crippen molar-refractivity contribution in [1.29, 1.82) is 0 Å². The van der Waals surface area contributed by atoms with Gasteiger partial charge in [0, 0.05) is 0 Å². The van der Waals surface area contributed by atoms with Crippen LogP contribution in [0.2, 0.25) is 0 Å². The highest BCUT2D eigenvalue weighted by Crippen LogP contribution is 2.20. The van der Waals surface area contributed by atoms with Gasteiger partial charge in [-0.3, -0.25) is 0 Å². The maximum absolute atomic E-state index is 5.89. The molecule has 0 aromatic heterocycles. The van der Waals surface area contributed by atoms with Crippen LogP contribution in [0.5, 0.6) is 0 Å². The summed E-state index contributed by atoms with van der Waals surface area (Å²) in [6, 6.07) is 0. The number of unbranched alkanes of at least 4 members (excludes halogenated alkanes) is 13. The molecular formula is C24H50NO+. The fourth-order valence-electron chi connectivity index (χ4n) is 4.53. The molecule has 0 radical (unpaired) electrons. The SMILES string of the molecule is CCCCCCCCCCCCCCCC[N+]1(CC)CCOC(CC)C1. The molecule has 2 heteroatoms. The van der Waals surface area contributed by atoms with E-state index in [4.69, 9.17) is 4.74 Å². The van der Waals surface area contributed by atoms with Crippen LogP contribution < -0.4 is 0 Å². The van der Waals surface area contributed by atoms with Gasteiger partial charge in [-0.15, -0.1) is 0 Å². The summed E-state index contributed by atoms with van der Waals surface area (Å²) in [5.74, 6) is 0. The molecule has 156 valence electrons. The number of rotatable bonds is 17. The molecule has 2 nitrogen and oxygen atoms in total. The number of ether oxygens (including phenoxy) is 1. The largest absolute Gasteiger partial charge is 0.367 e. The first kappa shape index (κ1) is 24.0. The highest BCUT2D eigenvalue weighted by atomic mass is 16.5. The Kier molecular flexibility index (Phi) is 14.7. The van der Waals surface area contributed by atoms with E-state index in [-0.39, 0.29) is 0 Å². The fourth-order valence-corrected chi connectivity index (χ4v) is 4.53. The maximum atomic E-state index is 5.89. The molecule has 1 heterocycles. The Balaban J connectivity index is 1.89. The summed E-state index contributed by atoms with van der Waals surface area (Å²) >= 11 is 0. The third kappa shape index (κ3) is 10.9. The van der Waals surface area contributed by atoms with Gasteiger partial charge in [0.1, 0.15) is 19.2 Å². The van der Waals surface area contributed by atoms with Crippen LogP contribution in [0.25, 0.3) is 0 Å². The lowest BCUT2D eigenvalue weighted by Gasteiger charge is -2.43. The lowest BCUT2D eigenvalue weighted by Crippen LogP contribution is -2.58. The van der Waals surface area contributed by atoms with Crippen molar-refractivity contribution in [1.82, 2.24) is 0 Å². The number of quaternary nitrogens is 1. The minimum Gasteiger partial charge on any atom is -0.367 e. The van der Waals surface area contributed by atoms with E-state index < -0.39 is 0 Å². The topological polar surface area (TPSA) is 9.23 Å². The summed E-state index contributed by atoms with van der Waals surface area (Å²) in [6.07, 6.45) is 22.0. The molecule has 0 amide bonds. The highest BCUT2D eigenvalue weighted by molar-refractivity contribution is 4.61. The molecule has 1 saturated heterocycles. The van der Waals surface area contributed by atoms with Gasteiger partial charge in [0.2, 0.25) is 0 Å². The molecule has 0 spiro atoms. The number of likely N-dealkylation sites (N-methyl/N-ethyl adjacent to an activating group) is 1. The van der Waals surface area contributed by atoms with Gasteiger partial charge >= 0.3 is 0 Å². The zero-order valence-electron chi connectivity index (χ0n) is 18.6. The van der Waals surface area contributed by atoms with E-state index in [0.29, 0.717) is 6.10 Å². The van der Waals surface area contributed by atoms with Gasteiger partial charge in [0.15, 0.2) is 0 Å². The molecule has 0 saturated carbocycles. The van der Waals surface area contributed by atoms with Crippen molar-refractivity contribution in [3.63, 3.8) is 0 Å². The van der Waals surface area contributed by atoms with Crippen molar-refractivity contribution in [3.8, 4) is 0 Å². The Bertz CT molecular complexity index is 307. The molecule has 1 aliphatic rings. The van der Waals surface area contributed by atoms with Crippen molar-refractivity contribution in [2.24, 2.45) is 0 Å². The number of nitrogens with zero attached hydrogens (tertiary/aromatic N) is 1. The first-order valence-electron chi connectivity index (χ1n) is 12.2. The molecule has 0 aromatic carbocycles. The van der Waals surface area contributed by atoms with Crippen LogP contribution >= 0.6 is 0 Å². The second-order valence-electron chi connectivity index (χ2n) is 8.78. The van der Waals surface area contributed by atoms with Crippen molar-refractivity contribution in [2.75, 3.05) is 32.8 Å². The Morgan fingerprint density at radius 3 is 1.65 bits per heavy atom. The zero-order chi connectivity index (χ0) is 18.9. The molecule has 1 aliphatic heterocycles. The van der Waals surface area contributed by atoms with Gasteiger partial charge in [-0.1, -0.05) is 90.9 Å². The molecule has 2 unspecified atom stereocenters. The van der Waals surface area contributed by atoms with Crippen LogP contribution in [-0.4, -0.2) is 43.4 Å². The van der Waals surface area contributed by atoms with Gasteiger partial charge in [-0.25, -0.2) is 0 Å². The van der Waals surface area contributed by atoms with E-state index in [1.807, 2.05) is 0 Å². The maximum Gasteiger partial charge on any atom is 0.106 e. The Labute approximate surface area is 165 Å². The predicted molar refractivity (Wildman–Crippen MR) is 116 cm³/mol. The first-order valence-corrected chi connectivity index (χ1v) is 12.2. The quantitative estimate of drug-likeness (QED) is 0.196. The number of morpholine rings is 1. The summed E-state index contributed by atoms with van der Waals surface area (Å²) in [4.78, 5) is 0. The van der Waals surface area contributed by atoms with Crippen LogP contribution in [0.4, 0.5) is 0 Å². The van der Waals surface area contributed by atoms with E-state index in [0.717, 1.165) is 6.61 Å². The van der Waals surface area contributed by atoms with Gasteiger partial charge in [-0.2, -0.15) is 0 Å². The first-order chi connectivity index (χ1) is 12.8. The Morgan fingerprint density at radius 1 is 0.692 bits per heavy atom. The molecule has 0 aliphatic carbocycles. The van der Waals surface area contributed by atoms with Crippen LogP contribution in [0.1, 0.15) is 117 Å². The van der Waals surface area contributed by atoms with Crippen molar-refractivity contribution < 1.29 is 9.22 Å². The van der Waals surface area contributed by atoms with Crippen molar-refractivity contribution >= 4 is 0 Å². The van der Waals surface area contributed by atoms with Gasteiger partial charge < -0.3 is 9.22 Å². The van der Waals surface area contributed by atoms with Crippen LogP contribution in [0, 0.1) is 0 Å². The number of hydrogen-bond donors (Lipinski definition) is 0. The summed E-state index contributed by atoms with van der Waals surface area (Å²) in [5.41, 5.74) is 0. The van der Waals surface area contributed by atoms with E-state index in [1.54, 1.807) is 0 Å². The average molecular weight is 369 g/mol. The third-order valence-electron chi connectivity index (χ3n) is 6.62. The van der Waals surface area contributed by atoms with E-state index >= 15 is 0 Å². The minimum absolute atomic E-state index is 0.510. The monoisotopic (exact) mass is 368 g/mol. The van der Waals surface area contributed by atoms with Crippen LogP contribution in [0.15, 0.2) is 0 Å². The second kappa shape index (κ2) is 15.9. The zero-order valence-corrected chi connectivity index (χ0v) is 18.6. The summed E-state index contributed by atoms with van der Waals surface area (Å²) in [5, 5.41) is 0. The van der Waals surface area contributed by atoms with E-state index in [1.165, 1.54) is 127 Å². The molecule has 0 N–H and O–H groups in total. The van der Waals surface area contributed by atoms with Crippen molar-refractivity contribution in [3.05, 3.63) is 0 Å². The lowest BCUT2D eigenvalue weighted by molar-refractivity contribution is -0.937. The van der Waals surface area contributed by atoms with E-state index in [2.05, 4.69) is 20.8 Å². The third-order valence-corrected chi connectivity index (χ3v) is 6.62. The average Bonchev–Trinajstić information content (AvgIpc) is 2.68. The highest BCUT2D eigenvalue weighted by Gasteiger charge is 2.32. The number of hydrogen-bond acceptors (Lipinski definition) is 1. The molecular weight excluding hydrogens is 318 g/mol. The molecule has 0 aromatic rings. The predicted octanol–water partition coefficient (Wildman–Crippen LogP) is 7.11. The molecule has 0 bridgehead atoms. The fraction of sp³-hybridized carbons (Fsp3) is 1.00. The van der Waals surface area contributed by atoms with E-state index in [9.17, 15) is 0 Å². The minimum atomic E-state index is 0.510. The molecule has 1 fully saturated rings. The normalized spacial score (nSPS) is 23.4.